The molecule has 5 rings (SSSR count). The number of carbonyl (C=O) groups is 1. The summed E-state index contributed by atoms with van der Waals surface area (Å²) in [5.74, 6) is 0.741. The van der Waals surface area contributed by atoms with Crippen LogP contribution in [0.3, 0.4) is 0 Å². The number of aromatic hydroxyl groups is 2. The van der Waals surface area contributed by atoms with E-state index in [0.717, 1.165) is 55.8 Å². The highest BCUT2D eigenvalue weighted by molar-refractivity contribution is 7.14. The van der Waals surface area contributed by atoms with Gasteiger partial charge in [-0.1, -0.05) is 18.2 Å². The number of aromatic amines is 1. The third-order valence-electron chi connectivity index (χ3n) is 8.13. The van der Waals surface area contributed by atoms with Crippen molar-refractivity contribution in [3.05, 3.63) is 98.4 Å². The number of hydrogen-bond donors (Lipinski definition) is 7. The summed E-state index contributed by atoms with van der Waals surface area (Å²) >= 11 is 1.51. The zero-order valence-electron chi connectivity index (χ0n) is 25.3. The minimum absolute atomic E-state index is 0.0337. The number of phenolic OH excluding ortho intramolecular Hbond substituents is 2. The molecule has 1 amide bonds. The van der Waals surface area contributed by atoms with Gasteiger partial charge in [0.25, 0.3) is 5.91 Å². The van der Waals surface area contributed by atoms with Crippen molar-refractivity contribution < 1.29 is 20.1 Å². The van der Waals surface area contributed by atoms with Crippen LogP contribution in [-0.4, -0.2) is 63.8 Å². The summed E-state index contributed by atoms with van der Waals surface area (Å²) < 4.78 is 0. The summed E-state index contributed by atoms with van der Waals surface area (Å²) in [5, 5.41) is 40.7. The first kappa shape index (κ1) is 32.6. The molecule has 1 fully saturated rings. The molecule has 1 atom stereocenters. The molecule has 45 heavy (non-hydrogen) atoms. The van der Waals surface area contributed by atoms with Crippen molar-refractivity contribution in [2.75, 3.05) is 32.7 Å². The number of aliphatic hydroxyl groups is 1. The Labute approximate surface area is 267 Å². The fraction of sp³-hybridized carbons (Fsp3) is 0.382. The van der Waals surface area contributed by atoms with Crippen molar-refractivity contribution in [2.24, 2.45) is 5.92 Å². The number of aromatic nitrogens is 1. The molecule has 0 saturated carbocycles. The Morgan fingerprint density at radius 1 is 1.04 bits per heavy atom. The number of benzene rings is 2. The number of nitrogens with zero attached hydrogens (tertiary/aromatic N) is 1. The van der Waals surface area contributed by atoms with Crippen LogP contribution < -0.4 is 21.5 Å². The number of H-pyrrole nitrogens is 1. The average molecular weight is 633 g/mol. The van der Waals surface area contributed by atoms with Crippen molar-refractivity contribution in [1.82, 2.24) is 25.8 Å². The Hall–Kier alpha value is -3.74. The van der Waals surface area contributed by atoms with Crippen molar-refractivity contribution in [3.8, 4) is 11.5 Å². The number of amides is 1. The minimum Gasteiger partial charge on any atom is -0.508 e. The van der Waals surface area contributed by atoms with Crippen LogP contribution in [0.25, 0.3) is 10.9 Å². The molecule has 10 nitrogen and oxygen atoms in total. The van der Waals surface area contributed by atoms with E-state index in [9.17, 15) is 24.9 Å². The van der Waals surface area contributed by atoms with E-state index >= 15 is 0 Å². The van der Waals surface area contributed by atoms with Crippen molar-refractivity contribution in [3.63, 3.8) is 0 Å². The summed E-state index contributed by atoms with van der Waals surface area (Å²) in [6.45, 7) is 7.41. The molecular formula is C34H42N5O5S. The van der Waals surface area contributed by atoms with Gasteiger partial charge in [0.15, 0.2) is 0 Å². The van der Waals surface area contributed by atoms with Gasteiger partial charge in [0.2, 0.25) is 5.56 Å². The maximum absolute atomic E-state index is 12.6. The number of fused-ring (bicyclic) bond motifs is 1. The number of hydrogen-bond acceptors (Lipinski definition) is 9. The van der Waals surface area contributed by atoms with E-state index in [1.807, 2.05) is 24.3 Å². The number of pyridine rings is 1. The summed E-state index contributed by atoms with van der Waals surface area (Å²) in [4.78, 5) is 31.1. The highest BCUT2D eigenvalue weighted by Crippen LogP contribution is 2.28. The molecule has 4 aromatic rings. The predicted octanol–water partition coefficient (Wildman–Crippen LogP) is 4.00. The van der Waals surface area contributed by atoms with Crippen LogP contribution in [0, 0.1) is 12.5 Å². The number of phenols is 2. The van der Waals surface area contributed by atoms with Crippen LogP contribution in [0.15, 0.2) is 65.5 Å². The zero-order chi connectivity index (χ0) is 31.6. The first-order chi connectivity index (χ1) is 21.9. The van der Waals surface area contributed by atoms with E-state index in [1.54, 1.807) is 18.2 Å². The van der Waals surface area contributed by atoms with Crippen LogP contribution in [-0.2, 0) is 13.1 Å². The molecule has 0 aliphatic carbocycles. The lowest BCUT2D eigenvalue weighted by atomic mass is 9.96. The lowest BCUT2D eigenvalue weighted by molar-refractivity contribution is 0.0957. The standard InChI is InChI=1S/C34H42N5O5S/c40-25-5-3-4-24(18-25)22-39-16-12-23(13-17-39)19-36-20-26-6-10-31(45-26)34(44)37-15-2-1-14-35-21-30(42)27-7-9-29(41)33-28(27)8-11-32(43)38-33/h3-11,18-19,23,30,35-36,40-42H,1-2,12-17,20-22H2,(H,37,44)(H,38,43)/t30-/m0/s1. The third kappa shape index (κ3) is 9.38. The monoisotopic (exact) mass is 632 g/mol. The van der Waals surface area contributed by atoms with E-state index in [4.69, 9.17) is 0 Å². The SMILES string of the molecule is O=C(NCCCCNC[C@H](O)c1ccc(O)c2[nH]c(=O)ccc12)c1ccc(CN[CH]C2CCN(Cc3cccc(O)c3)CC2)s1. The number of piperidine rings is 1. The molecule has 3 heterocycles. The molecule has 239 valence electrons. The van der Waals surface area contributed by atoms with Crippen LogP contribution in [0.1, 0.15) is 57.5 Å². The maximum atomic E-state index is 12.6. The van der Waals surface area contributed by atoms with Gasteiger partial charge in [-0.3, -0.25) is 14.5 Å². The number of thiophene rings is 1. The Kier molecular flexibility index (Phi) is 11.6. The molecule has 0 spiro atoms. The number of unbranched alkanes of at least 4 members (excludes halogenated alkanes) is 1. The number of rotatable bonds is 15. The summed E-state index contributed by atoms with van der Waals surface area (Å²) in [7, 11) is 0. The van der Waals surface area contributed by atoms with Crippen LogP contribution >= 0.6 is 11.3 Å². The second kappa shape index (κ2) is 16.0. The molecule has 7 N–H and O–H groups in total. The fourth-order valence-corrected chi connectivity index (χ4v) is 6.55. The molecular weight excluding hydrogens is 590 g/mol. The Morgan fingerprint density at radius 3 is 2.69 bits per heavy atom. The Bertz CT molecular complexity index is 1610. The molecule has 11 heteroatoms. The Balaban J connectivity index is 0.925. The number of nitrogens with one attached hydrogen (secondary N) is 4. The number of aliphatic hydroxyl groups excluding tert-OH is 1. The average Bonchev–Trinajstić information content (AvgIpc) is 3.51. The van der Waals surface area contributed by atoms with Gasteiger partial charge in [0, 0.05) is 49.1 Å². The van der Waals surface area contributed by atoms with Crippen LogP contribution in [0.5, 0.6) is 11.5 Å². The third-order valence-corrected chi connectivity index (χ3v) is 9.22. The second-order valence-electron chi connectivity index (χ2n) is 11.6. The summed E-state index contributed by atoms with van der Waals surface area (Å²) in [6.07, 6.45) is 3.03. The zero-order valence-corrected chi connectivity index (χ0v) is 26.1. The van der Waals surface area contributed by atoms with Crippen molar-refractivity contribution >= 4 is 28.1 Å². The first-order valence-electron chi connectivity index (χ1n) is 15.5. The normalized spacial score (nSPS) is 15.0. The van der Waals surface area contributed by atoms with Crippen LogP contribution in [0.2, 0.25) is 0 Å². The molecule has 2 aromatic heterocycles. The van der Waals surface area contributed by atoms with Gasteiger partial charge in [0.1, 0.15) is 11.5 Å². The second-order valence-corrected chi connectivity index (χ2v) is 12.7. The lowest BCUT2D eigenvalue weighted by Gasteiger charge is -2.31. The van der Waals surface area contributed by atoms with E-state index in [-0.39, 0.29) is 17.2 Å². The topological polar surface area (TPSA) is 150 Å². The molecule has 1 aliphatic rings. The van der Waals surface area contributed by atoms with Gasteiger partial charge >= 0.3 is 0 Å². The van der Waals surface area contributed by atoms with Gasteiger partial charge in [-0.2, -0.15) is 0 Å². The molecule has 0 unspecified atom stereocenters. The van der Waals surface area contributed by atoms with E-state index in [1.165, 1.54) is 23.5 Å². The van der Waals surface area contributed by atoms with E-state index < -0.39 is 6.10 Å². The maximum Gasteiger partial charge on any atom is 0.261 e. The van der Waals surface area contributed by atoms with Crippen LogP contribution in [0.4, 0.5) is 0 Å². The molecule has 1 aliphatic heterocycles. The Morgan fingerprint density at radius 2 is 1.87 bits per heavy atom. The van der Waals surface area contributed by atoms with E-state index in [0.29, 0.717) is 59.2 Å². The summed E-state index contributed by atoms with van der Waals surface area (Å²) in [6, 6.07) is 17.5. The fourth-order valence-electron chi connectivity index (χ4n) is 5.67. The first-order valence-corrected chi connectivity index (χ1v) is 16.3. The quantitative estimate of drug-likeness (QED) is 0.0973. The van der Waals surface area contributed by atoms with Gasteiger partial charge in [0.05, 0.1) is 16.5 Å². The van der Waals surface area contributed by atoms with Gasteiger partial charge in [-0.15, -0.1) is 11.3 Å². The van der Waals surface area contributed by atoms with Gasteiger partial charge in [-0.05, 0) is 98.8 Å². The lowest BCUT2D eigenvalue weighted by Crippen LogP contribution is -2.34. The van der Waals surface area contributed by atoms with Crippen molar-refractivity contribution in [1.29, 1.82) is 0 Å². The number of carbonyl (C=O) groups excluding carboxylic acids is 1. The minimum atomic E-state index is -0.797. The predicted molar refractivity (Wildman–Crippen MR) is 177 cm³/mol. The molecule has 1 radical (unpaired) electrons. The largest absolute Gasteiger partial charge is 0.508 e. The highest BCUT2D eigenvalue weighted by Gasteiger charge is 2.20. The number of likely N-dealkylation sites (tertiary alicyclic amines) is 1. The van der Waals surface area contributed by atoms with Gasteiger partial charge in [-0.25, -0.2) is 0 Å². The smallest absolute Gasteiger partial charge is 0.261 e. The summed E-state index contributed by atoms with van der Waals surface area (Å²) in [5.41, 5.74) is 1.77. The van der Waals surface area contributed by atoms with E-state index in [2.05, 4.69) is 38.4 Å². The van der Waals surface area contributed by atoms with Crippen molar-refractivity contribution in [2.45, 2.75) is 44.9 Å². The van der Waals surface area contributed by atoms with Gasteiger partial charge < -0.3 is 36.3 Å². The highest BCUT2D eigenvalue weighted by atomic mass is 32.1. The molecule has 1 saturated heterocycles. The molecule has 0 bridgehead atoms. The molecule has 2 aromatic carbocycles.